The summed E-state index contributed by atoms with van der Waals surface area (Å²) < 4.78 is 14.2. The quantitative estimate of drug-likeness (QED) is 0.207. The number of halogens is 1. The number of aromatic amines is 2. The Morgan fingerprint density at radius 1 is 0.925 bits per heavy atom. The fraction of sp³-hybridized carbons (Fsp3) is 0.250. The molecule has 0 amide bonds. The second-order valence-corrected chi connectivity index (χ2v) is 10.9. The number of nitrogens with zero attached hydrogens (tertiary/aromatic N) is 4. The molecule has 1 fully saturated rings. The van der Waals surface area contributed by atoms with Gasteiger partial charge >= 0.3 is 0 Å². The van der Waals surface area contributed by atoms with Crippen LogP contribution >= 0.6 is 0 Å². The van der Waals surface area contributed by atoms with E-state index in [1.807, 2.05) is 37.5 Å². The lowest BCUT2D eigenvalue weighted by Crippen LogP contribution is -2.20. The fourth-order valence-corrected chi connectivity index (χ4v) is 5.88. The Kier molecular flexibility index (Phi) is 6.32. The minimum absolute atomic E-state index is 0.293. The predicted octanol–water partition coefficient (Wildman–Crippen LogP) is 6.96. The van der Waals surface area contributed by atoms with Gasteiger partial charge in [0.25, 0.3) is 0 Å². The van der Waals surface area contributed by atoms with Crippen LogP contribution in [0.15, 0.2) is 67.1 Å². The first-order valence-electron chi connectivity index (χ1n) is 13.9. The Balaban J connectivity index is 1.21. The molecular weight excluding hydrogens is 501 g/mol. The highest BCUT2D eigenvalue weighted by Crippen LogP contribution is 2.33. The highest BCUT2D eigenvalue weighted by Gasteiger charge is 2.17. The van der Waals surface area contributed by atoms with Crippen LogP contribution < -0.4 is 5.32 Å². The second-order valence-electron chi connectivity index (χ2n) is 10.9. The van der Waals surface area contributed by atoms with Crippen LogP contribution in [0.25, 0.3) is 55.8 Å². The molecular formula is C32H30FN7. The first-order chi connectivity index (χ1) is 19.6. The molecule has 4 aromatic heterocycles. The van der Waals surface area contributed by atoms with E-state index in [1.54, 1.807) is 6.20 Å². The van der Waals surface area contributed by atoms with E-state index in [-0.39, 0.29) is 5.82 Å². The molecule has 3 N–H and O–H groups in total. The molecule has 1 saturated carbocycles. The van der Waals surface area contributed by atoms with E-state index in [4.69, 9.17) is 4.98 Å². The average molecular weight is 532 g/mol. The van der Waals surface area contributed by atoms with Crippen molar-refractivity contribution in [3.05, 3.63) is 84.1 Å². The summed E-state index contributed by atoms with van der Waals surface area (Å²) >= 11 is 0. The van der Waals surface area contributed by atoms with Crippen molar-refractivity contribution < 1.29 is 4.39 Å². The molecule has 1 aliphatic rings. The summed E-state index contributed by atoms with van der Waals surface area (Å²) in [4.78, 5) is 17.3. The third-order valence-electron chi connectivity index (χ3n) is 7.87. The maximum absolute atomic E-state index is 14.2. The number of nitrogens with one attached hydrogen (secondary N) is 3. The van der Waals surface area contributed by atoms with Gasteiger partial charge in [0.2, 0.25) is 0 Å². The standard InChI is InChI=1S/C32H30FN7/c1-19-10-23(13-25(33)11-19)29-31-28(8-9-36-29)37-32(38-31)30-26-14-22(6-7-27(26)39-40-30)24-12-21(17-35-18-24)16-34-15-20-4-2-3-5-20/h6-14,17-18,20,34H,2-5,15-16H2,1H3,(H,37,38)(H,39,40). The highest BCUT2D eigenvalue weighted by molar-refractivity contribution is 5.97. The van der Waals surface area contributed by atoms with Gasteiger partial charge in [-0.3, -0.25) is 15.1 Å². The minimum atomic E-state index is -0.293. The molecule has 0 unspecified atom stereocenters. The molecule has 6 aromatic rings. The molecule has 1 aliphatic carbocycles. The van der Waals surface area contributed by atoms with Gasteiger partial charge in [0.1, 0.15) is 17.0 Å². The van der Waals surface area contributed by atoms with E-state index < -0.39 is 0 Å². The van der Waals surface area contributed by atoms with E-state index in [1.165, 1.54) is 43.4 Å². The largest absolute Gasteiger partial charge is 0.336 e. The van der Waals surface area contributed by atoms with Gasteiger partial charge in [-0.05, 0) is 91.4 Å². The summed E-state index contributed by atoms with van der Waals surface area (Å²) in [5.41, 5.74) is 8.59. The molecule has 2 aromatic carbocycles. The number of aromatic nitrogens is 6. The number of hydrogen-bond donors (Lipinski definition) is 3. The fourth-order valence-electron chi connectivity index (χ4n) is 5.88. The lowest BCUT2D eigenvalue weighted by Gasteiger charge is -2.11. The SMILES string of the molecule is Cc1cc(F)cc(-c2nccc3[nH]c(-c4n[nH]c5ccc(-c6cncc(CNCC7CCCC7)c6)cc45)nc23)c1. The highest BCUT2D eigenvalue weighted by atomic mass is 19.1. The van der Waals surface area contributed by atoms with Crippen molar-refractivity contribution in [1.29, 1.82) is 0 Å². The van der Waals surface area contributed by atoms with E-state index in [2.05, 4.69) is 48.7 Å². The van der Waals surface area contributed by atoms with Crippen molar-refractivity contribution in [3.63, 3.8) is 0 Å². The topological polar surface area (TPSA) is 95.2 Å². The maximum Gasteiger partial charge on any atom is 0.159 e. The van der Waals surface area contributed by atoms with Gasteiger partial charge in [-0.1, -0.05) is 18.9 Å². The predicted molar refractivity (Wildman–Crippen MR) is 156 cm³/mol. The Morgan fingerprint density at radius 2 is 1.82 bits per heavy atom. The molecule has 0 radical (unpaired) electrons. The van der Waals surface area contributed by atoms with Crippen molar-refractivity contribution in [2.75, 3.05) is 6.54 Å². The van der Waals surface area contributed by atoms with Crippen molar-refractivity contribution in [2.24, 2.45) is 5.92 Å². The molecule has 0 spiro atoms. The Bertz CT molecular complexity index is 1810. The van der Waals surface area contributed by atoms with Crippen LogP contribution in [-0.2, 0) is 6.54 Å². The Labute approximate surface area is 231 Å². The number of benzene rings is 2. The molecule has 0 saturated heterocycles. The first-order valence-corrected chi connectivity index (χ1v) is 13.9. The number of fused-ring (bicyclic) bond motifs is 2. The Morgan fingerprint density at radius 3 is 2.70 bits per heavy atom. The van der Waals surface area contributed by atoms with Crippen LogP contribution in [-0.4, -0.2) is 36.7 Å². The third-order valence-corrected chi connectivity index (χ3v) is 7.87. The third kappa shape index (κ3) is 4.75. The van der Waals surface area contributed by atoms with Gasteiger partial charge in [0, 0.05) is 41.6 Å². The lowest BCUT2D eigenvalue weighted by molar-refractivity contribution is 0.489. The number of H-pyrrole nitrogens is 2. The van der Waals surface area contributed by atoms with E-state index in [0.29, 0.717) is 22.6 Å². The average Bonchev–Trinajstić information content (AvgIpc) is 3.71. The molecule has 0 aliphatic heterocycles. The number of hydrogen-bond acceptors (Lipinski definition) is 5. The Hall–Kier alpha value is -4.43. The summed E-state index contributed by atoms with van der Waals surface area (Å²) in [7, 11) is 0. The van der Waals surface area contributed by atoms with E-state index in [0.717, 1.165) is 57.8 Å². The number of imidazole rings is 1. The number of pyridine rings is 2. The van der Waals surface area contributed by atoms with Crippen LogP contribution in [0.2, 0.25) is 0 Å². The van der Waals surface area contributed by atoms with Crippen molar-refractivity contribution in [1.82, 2.24) is 35.5 Å². The summed E-state index contributed by atoms with van der Waals surface area (Å²) in [5, 5.41) is 12.3. The molecule has 200 valence electrons. The minimum Gasteiger partial charge on any atom is -0.336 e. The zero-order chi connectivity index (χ0) is 27.1. The molecule has 7 nitrogen and oxygen atoms in total. The summed E-state index contributed by atoms with van der Waals surface area (Å²) in [6.45, 7) is 3.76. The zero-order valence-electron chi connectivity index (χ0n) is 22.3. The van der Waals surface area contributed by atoms with Crippen LogP contribution in [0.1, 0.15) is 36.8 Å². The van der Waals surface area contributed by atoms with E-state index >= 15 is 0 Å². The summed E-state index contributed by atoms with van der Waals surface area (Å²) in [5.74, 6) is 1.14. The smallest absolute Gasteiger partial charge is 0.159 e. The molecule has 0 atom stereocenters. The van der Waals surface area contributed by atoms with Crippen molar-refractivity contribution in [3.8, 4) is 33.9 Å². The van der Waals surface area contributed by atoms with E-state index in [9.17, 15) is 4.39 Å². The number of aryl methyl sites for hydroxylation is 1. The molecule has 7 rings (SSSR count). The molecule has 0 bridgehead atoms. The van der Waals surface area contributed by atoms with Gasteiger partial charge in [0.05, 0.1) is 16.7 Å². The first kappa shape index (κ1) is 24.6. The van der Waals surface area contributed by atoms with Crippen LogP contribution in [0, 0.1) is 18.7 Å². The van der Waals surface area contributed by atoms with Gasteiger partial charge in [-0.15, -0.1) is 0 Å². The molecule has 4 heterocycles. The van der Waals surface area contributed by atoms with Gasteiger partial charge < -0.3 is 10.3 Å². The van der Waals surface area contributed by atoms with Gasteiger partial charge in [-0.25, -0.2) is 9.37 Å². The number of rotatable bonds is 7. The zero-order valence-corrected chi connectivity index (χ0v) is 22.3. The van der Waals surface area contributed by atoms with Crippen LogP contribution in [0.3, 0.4) is 0 Å². The van der Waals surface area contributed by atoms with Crippen molar-refractivity contribution in [2.45, 2.75) is 39.2 Å². The monoisotopic (exact) mass is 531 g/mol. The normalized spacial score (nSPS) is 14.1. The van der Waals surface area contributed by atoms with Crippen LogP contribution in [0.5, 0.6) is 0 Å². The summed E-state index contributed by atoms with van der Waals surface area (Å²) in [6.07, 6.45) is 11.0. The molecule has 8 heteroatoms. The van der Waals surface area contributed by atoms with Crippen molar-refractivity contribution >= 4 is 21.9 Å². The van der Waals surface area contributed by atoms with Crippen LogP contribution in [0.4, 0.5) is 4.39 Å². The second kappa shape index (κ2) is 10.3. The van der Waals surface area contributed by atoms with Gasteiger partial charge in [-0.2, -0.15) is 5.10 Å². The summed E-state index contributed by atoms with van der Waals surface area (Å²) in [6, 6.07) is 15.2. The maximum atomic E-state index is 14.2. The lowest BCUT2D eigenvalue weighted by atomic mass is 10.0. The molecule has 40 heavy (non-hydrogen) atoms. The van der Waals surface area contributed by atoms with Gasteiger partial charge in [0.15, 0.2) is 5.82 Å².